The second kappa shape index (κ2) is 8.00. The molecule has 0 heterocycles. The van der Waals surface area contributed by atoms with Crippen molar-refractivity contribution in [3.8, 4) is 5.75 Å². The van der Waals surface area contributed by atoms with Crippen molar-refractivity contribution in [3.05, 3.63) is 65.7 Å². The van der Waals surface area contributed by atoms with Crippen molar-refractivity contribution in [1.82, 2.24) is 0 Å². The number of ether oxygens (including phenoxy) is 2. The molecule has 0 aliphatic heterocycles. The van der Waals surface area contributed by atoms with Gasteiger partial charge in [0.2, 0.25) is 0 Å². The van der Waals surface area contributed by atoms with E-state index in [1.807, 2.05) is 36.4 Å². The molecule has 2 unspecified atom stereocenters. The zero-order chi connectivity index (χ0) is 16.8. The Bertz CT molecular complexity index is 666. The molecule has 0 spiro atoms. The Morgan fingerprint density at radius 2 is 1.71 bits per heavy atom. The number of hydrogen-bond acceptors (Lipinski definition) is 3. The number of benzene rings is 2. The first kappa shape index (κ1) is 16.6. The SMILES string of the molecule is CC(=O)OC1CCCCC1c1ccccc1OCc1ccccc1. The van der Waals surface area contributed by atoms with Crippen molar-refractivity contribution in [2.45, 2.75) is 51.2 Å². The van der Waals surface area contributed by atoms with Crippen molar-refractivity contribution in [3.63, 3.8) is 0 Å². The molecule has 3 heteroatoms. The highest BCUT2D eigenvalue weighted by Gasteiger charge is 2.30. The minimum atomic E-state index is -0.199. The van der Waals surface area contributed by atoms with Crippen LogP contribution in [0.2, 0.25) is 0 Å². The molecule has 2 aromatic rings. The van der Waals surface area contributed by atoms with Crippen LogP contribution >= 0.6 is 0 Å². The van der Waals surface area contributed by atoms with E-state index in [1.54, 1.807) is 0 Å². The second-order valence-corrected chi connectivity index (χ2v) is 6.35. The van der Waals surface area contributed by atoms with E-state index >= 15 is 0 Å². The quantitative estimate of drug-likeness (QED) is 0.737. The molecule has 0 saturated heterocycles. The third-order valence-electron chi connectivity index (χ3n) is 4.58. The van der Waals surface area contributed by atoms with Gasteiger partial charge in [-0.3, -0.25) is 4.79 Å². The molecule has 1 aliphatic rings. The van der Waals surface area contributed by atoms with Gasteiger partial charge in [-0.15, -0.1) is 0 Å². The maximum atomic E-state index is 11.4. The van der Waals surface area contributed by atoms with Gasteiger partial charge in [-0.05, 0) is 30.9 Å². The predicted molar refractivity (Wildman–Crippen MR) is 94.0 cm³/mol. The molecule has 2 atom stereocenters. The van der Waals surface area contributed by atoms with Crippen LogP contribution in [0.15, 0.2) is 54.6 Å². The Morgan fingerprint density at radius 1 is 1.00 bits per heavy atom. The smallest absolute Gasteiger partial charge is 0.302 e. The van der Waals surface area contributed by atoms with Crippen LogP contribution in [0.1, 0.15) is 49.7 Å². The van der Waals surface area contributed by atoms with Gasteiger partial charge in [-0.1, -0.05) is 55.0 Å². The Labute approximate surface area is 143 Å². The Balaban J connectivity index is 1.78. The molecule has 0 radical (unpaired) electrons. The van der Waals surface area contributed by atoms with Crippen molar-refractivity contribution in [2.24, 2.45) is 0 Å². The van der Waals surface area contributed by atoms with E-state index in [2.05, 4.69) is 18.2 Å². The summed E-state index contributed by atoms with van der Waals surface area (Å²) < 4.78 is 11.7. The van der Waals surface area contributed by atoms with E-state index in [1.165, 1.54) is 6.92 Å². The van der Waals surface area contributed by atoms with Crippen LogP contribution < -0.4 is 4.74 Å². The summed E-state index contributed by atoms with van der Waals surface area (Å²) >= 11 is 0. The topological polar surface area (TPSA) is 35.5 Å². The summed E-state index contributed by atoms with van der Waals surface area (Å²) in [6, 6.07) is 18.3. The lowest BCUT2D eigenvalue weighted by molar-refractivity contribution is -0.148. The van der Waals surface area contributed by atoms with Crippen LogP contribution in [-0.4, -0.2) is 12.1 Å². The Kier molecular flexibility index (Phi) is 5.52. The number of hydrogen-bond donors (Lipinski definition) is 0. The molecule has 0 amide bonds. The van der Waals surface area contributed by atoms with Gasteiger partial charge >= 0.3 is 5.97 Å². The van der Waals surface area contributed by atoms with E-state index in [0.29, 0.717) is 6.61 Å². The second-order valence-electron chi connectivity index (χ2n) is 6.35. The summed E-state index contributed by atoms with van der Waals surface area (Å²) in [7, 11) is 0. The molecule has 24 heavy (non-hydrogen) atoms. The van der Waals surface area contributed by atoms with Gasteiger partial charge in [0.1, 0.15) is 18.5 Å². The summed E-state index contributed by atoms with van der Waals surface area (Å²) in [5, 5.41) is 0. The van der Waals surface area contributed by atoms with E-state index in [-0.39, 0.29) is 18.0 Å². The normalized spacial score (nSPS) is 20.4. The average Bonchev–Trinajstić information content (AvgIpc) is 2.61. The van der Waals surface area contributed by atoms with Crippen molar-refractivity contribution < 1.29 is 14.3 Å². The largest absolute Gasteiger partial charge is 0.489 e. The minimum absolute atomic E-state index is 0.0438. The molecule has 3 nitrogen and oxygen atoms in total. The zero-order valence-electron chi connectivity index (χ0n) is 14.1. The van der Waals surface area contributed by atoms with Crippen LogP contribution in [0.25, 0.3) is 0 Å². The van der Waals surface area contributed by atoms with Gasteiger partial charge in [-0.25, -0.2) is 0 Å². The lowest BCUT2D eigenvalue weighted by atomic mass is 9.81. The minimum Gasteiger partial charge on any atom is -0.489 e. The van der Waals surface area contributed by atoms with Crippen molar-refractivity contribution in [2.75, 3.05) is 0 Å². The molecule has 2 aromatic carbocycles. The van der Waals surface area contributed by atoms with Gasteiger partial charge in [-0.2, -0.15) is 0 Å². The number of carbonyl (C=O) groups is 1. The first-order chi connectivity index (χ1) is 11.7. The van der Waals surface area contributed by atoms with Crippen molar-refractivity contribution >= 4 is 5.97 Å². The van der Waals surface area contributed by atoms with Crippen LogP contribution in [0.3, 0.4) is 0 Å². The first-order valence-corrected chi connectivity index (χ1v) is 8.67. The molecular formula is C21H24O3. The maximum Gasteiger partial charge on any atom is 0.302 e. The van der Waals surface area contributed by atoms with Gasteiger partial charge in [0, 0.05) is 18.4 Å². The van der Waals surface area contributed by atoms with Gasteiger partial charge in [0.15, 0.2) is 0 Å². The molecule has 0 aromatic heterocycles. The van der Waals surface area contributed by atoms with E-state index in [0.717, 1.165) is 42.6 Å². The Morgan fingerprint density at radius 3 is 2.50 bits per heavy atom. The third kappa shape index (κ3) is 4.16. The van der Waals surface area contributed by atoms with Crippen molar-refractivity contribution in [1.29, 1.82) is 0 Å². The lowest BCUT2D eigenvalue weighted by Gasteiger charge is -2.32. The summed E-state index contributed by atoms with van der Waals surface area (Å²) in [6.45, 7) is 2.03. The molecule has 1 saturated carbocycles. The van der Waals surface area contributed by atoms with E-state index in [4.69, 9.17) is 9.47 Å². The summed E-state index contributed by atoms with van der Waals surface area (Å²) in [6.07, 6.45) is 4.19. The molecule has 0 N–H and O–H groups in total. The van der Waals surface area contributed by atoms with E-state index < -0.39 is 0 Å². The summed E-state index contributed by atoms with van der Waals surface area (Å²) in [5.41, 5.74) is 2.30. The monoisotopic (exact) mass is 324 g/mol. The molecular weight excluding hydrogens is 300 g/mol. The van der Waals surface area contributed by atoms with Gasteiger partial charge in [0.05, 0.1) is 0 Å². The van der Waals surface area contributed by atoms with Crippen LogP contribution in [0, 0.1) is 0 Å². The number of carbonyl (C=O) groups excluding carboxylic acids is 1. The fraction of sp³-hybridized carbons (Fsp3) is 0.381. The predicted octanol–water partition coefficient (Wildman–Crippen LogP) is 4.85. The highest BCUT2D eigenvalue weighted by Crippen LogP contribution is 2.39. The van der Waals surface area contributed by atoms with Gasteiger partial charge < -0.3 is 9.47 Å². The van der Waals surface area contributed by atoms with Crippen LogP contribution in [0.4, 0.5) is 0 Å². The Hall–Kier alpha value is -2.29. The molecule has 126 valence electrons. The summed E-state index contributed by atoms with van der Waals surface area (Å²) in [4.78, 5) is 11.4. The lowest BCUT2D eigenvalue weighted by Crippen LogP contribution is -2.28. The molecule has 1 fully saturated rings. The van der Waals surface area contributed by atoms with E-state index in [9.17, 15) is 4.79 Å². The third-order valence-corrected chi connectivity index (χ3v) is 4.58. The highest BCUT2D eigenvalue weighted by atomic mass is 16.5. The molecule has 3 rings (SSSR count). The van der Waals surface area contributed by atoms with Crippen LogP contribution in [-0.2, 0) is 16.1 Å². The average molecular weight is 324 g/mol. The molecule has 1 aliphatic carbocycles. The highest BCUT2D eigenvalue weighted by molar-refractivity contribution is 5.66. The molecule has 0 bridgehead atoms. The maximum absolute atomic E-state index is 11.4. The van der Waals surface area contributed by atoms with Crippen LogP contribution in [0.5, 0.6) is 5.75 Å². The number of para-hydroxylation sites is 1. The standard InChI is InChI=1S/C21H24O3/c1-16(22)24-21-14-8-6-12-19(21)18-11-5-7-13-20(18)23-15-17-9-3-2-4-10-17/h2-5,7,9-11,13,19,21H,6,8,12,14-15H2,1H3. The zero-order valence-corrected chi connectivity index (χ0v) is 14.1. The number of esters is 1. The first-order valence-electron chi connectivity index (χ1n) is 8.67. The summed E-state index contributed by atoms with van der Waals surface area (Å²) in [5.74, 6) is 0.912. The fourth-order valence-corrected chi connectivity index (χ4v) is 3.46. The fourth-order valence-electron chi connectivity index (χ4n) is 3.46. The van der Waals surface area contributed by atoms with Gasteiger partial charge in [0.25, 0.3) is 0 Å². The number of rotatable bonds is 5.